The minimum Gasteiger partial charge on any atom is -0.309 e. The first-order valence-electron chi connectivity index (χ1n) is 24.2. The van der Waals surface area contributed by atoms with Crippen molar-refractivity contribution in [2.24, 2.45) is 0 Å². The number of hydrogen-bond acceptors (Lipinski definition) is 0. The molecule has 0 fully saturated rings. The molecule has 0 radical (unpaired) electrons. The molecule has 0 spiro atoms. The topological polar surface area (TPSA) is 14.8 Å². The SMILES string of the molecule is c1ccc(-c2cccc3c4ccc(-n5c6ccccc6c6ccccc65)cc4n(-c4ccc5c(c4)c4ccccc4n5-c4cccc([Si](c5ccccc5)(c5ccccc5)c5ccccc5)c4)c23)cc1. The molecule has 3 heterocycles. The Morgan fingerprint density at radius 3 is 1.23 bits per heavy atom. The summed E-state index contributed by atoms with van der Waals surface area (Å²) in [5.74, 6) is 0. The highest BCUT2D eigenvalue weighted by Crippen LogP contribution is 2.42. The van der Waals surface area contributed by atoms with Crippen molar-refractivity contribution in [3.63, 3.8) is 0 Å². The fraction of sp³-hybridized carbons (Fsp3) is 0. The highest BCUT2D eigenvalue weighted by atomic mass is 28.3. The van der Waals surface area contributed by atoms with Crippen LogP contribution in [0.15, 0.2) is 273 Å². The molecule has 3 aromatic heterocycles. The zero-order valence-electron chi connectivity index (χ0n) is 38.3. The smallest absolute Gasteiger partial charge is 0.179 e. The first-order valence-corrected chi connectivity index (χ1v) is 26.2. The van der Waals surface area contributed by atoms with Crippen LogP contribution in [0.3, 0.4) is 0 Å². The summed E-state index contributed by atoms with van der Waals surface area (Å²) in [5.41, 5.74) is 12.9. The predicted octanol–water partition coefficient (Wildman–Crippen LogP) is 14.0. The van der Waals surface area contributed by atoms with Crippen LogP contribution in [0.2, 0.25) is 0 Å². The summed E-state index contributed by atoms with van der Waals surface area (Å²) in [6.45, 7) is 0. The van der Waals surface area contributed by atoms with Crippen LogP contribution < -0.4 is 20.7 Å². The second-order valence-electron chi connectivity index (χ2n) is 18.4. The third kappa shape index (κ3) is 6.00. The fourth-order valence-electron chi connectivity index (χ4n) is 11.8. The van der Waals surface area contributed by atoms with Gasteiger partial charge < -0.3 is 13.7 Å². The number of rotatable bonds is 8. The average molecular weight is 908 g/mol. The minimum atomic E-state index is -2.78. The Morgan fingerprint density at radius 2 is 0.643 bits per heavy atom. The fourth-order valence-corrected chi connectivity index (χ4v) is 16.6. The van der Waals surface area contributed by atoms with E-state index >= 15 is 0 Å². The van der Waals surface area contributed by atoms with E-state index in [4.69, 9.17) is 0 Å². The number of benzene rings is 11. The lowest BCUT2D eigenvalue weighted by molar-refractivity contribution is 1.15. The van der Waals surface area contributed by atoms with Crippen molar-refractivity contribution in [1.29, 1.82) is 0 Å². The van der Waals surface area contributed by atoms with Gasteiger partial charge in [0.1, 0.15) is 0 Å². The summed E-state index contributed by atoms with van der Waals surface area (Å²) in [4.78, 5) is 0. The first kappa shape index (κ1) is 40.1. The Kier molecular flexibility index (Phi) is 9.23. The van der Waals surface area contributed by atoms with Crippen molar-refractivity contribution < 1.29 is 0 Å². The molecule has 0 N–H and O–H groups in total. The minimum absolute atomic E-state index is 1.12. The molecule has 0 bridgehead atoms. The van der Waals surface area contributed by atoms with Crippen LogP contribution in [-0.4, -0.2) is 21.8 Å². The van der Waals surface area contributed by atoms with Crippen molar-refractivity contribution in [3.05, 3.63) is 273 Å². The van der Waals surface area contributed by atoms with Crippen molar-refractivity contribution in [2.45, 2.75) is 0 Å². The second kappa shape index (κ2) is 16.1. The van der Waals surface area contributed by atoms with E-state index in [1.54, 1.807) is 0 Å². The Morgan fingerprint density at radius 1 is 0.229 bits per heavy atom. The number of nitrogens with zero attached hydrogens (tertiary/aromatic N) is 3. The number of fused-ring (bicyclic) bond motifs is 9. The maximum atomic E-state index is 2.52. The molecule has 0 aliphatic carbocycles. The van der Waals surface area contributed by atoms with Gasteiger partial charge in [0.15, 0.2) is 8.07 Å². The van der Waals surface area contributed by atoms with Gasteiger partial charge in [0.05, 0.1) is 33.1 Å². The zero-order valence-corrected chi connectivity index (χ0v) is 39.3. The molecular weight excluding hydrogens is 863 g/mol. The first-order chi connectivity index (χ1) is 34.8. The normalized spacial score (nSPS) is 12.0. The van der Waals surface area contributed by atoms with Crippen LogP contribution >= 0.6 is 0 Å². The Bertz CT molecular complexity index is 4130. The van der Waals surface area contributed by atoms with E-state index in [-0.39, 0.29) is 0 Å². The van der Waals surface area contributed by atoms with Gasteiger partial charge in [0.25, 0.3) is 0 Å². The van der Waals surface area contributed by atoms with Gasteiger partial charge in [-0.15, -0.1) is 0 Å². The third-order valence-electron chi connectivity index (χ3n) is 14.8. The lowest BCUT2D eigenvalue weighted by Gasteiger charge is -2.34. The molecule has 70 heavy (non-hydrogen) atoms. The van der Waals surface area contributed by atoms with Gasteiger partial charge in [-0.2, -0.15) is 0 Å². The van der Waals surface area contributed by atoms with E-state index in [2.05, 4.69) is 287 Å². The molecule has 0 aliphatic heterocycles. The predicted molar refractivity (Wildman–Crippen MR) is 299 cm³/mol. The summed E-state index contributed by atoms with van der Waals surface area (Å²) in [5, 5.41) is 12.8. The summed E-state index contributed by atoms with van der Waals surface area (Å²) in [7, 11) is -2.78. The van der Waals surface area contributed by atoms with E-state index in [0.29, 0.717) is 0 Å². The maximum absolute atomic E-state index is 2.78. The molecule has 0 aliphatic rings. The molecular formula is C66H45N3Si. The Hall–Kier alpha value is -8.96. The third-order valence-corrected chi connectivity index (χ3v) is 19.5. The lowest BCUT2D eigenvalue weighted by Crippen LogP contribution is -2.74. The van der Waals surface area contributed by atoms with Gasteiger partial charge in [-0.1, -0.05) is 212 Å². The quantitative estimate of drug-likeness (QED) is 0.107. The molecule has 0 unspecified atom stereocenters. The lowest BCUT2D eigenvalue weighted by atomic mass is 10.0. The zero-order chi connectivity index (χ0) is 46.2. The van der Waals surface area contributed by atoms with E-state index in [9.17, 15) is 0 Å². The van der Waals surface area contributed by atoms with Gasteiger partial charge >= 0.3 is 0 Å². The molecule has 0 amide bonds. The van der Waals surface area contributed by atoms with Crippen LogP contribution in [0.4, 0.5) is 0 Å². The van der Waals surface area contributed by atoms with Crippen LogP contribution in [0.1, 0.15) is 0 Å². The standard InChI is InChI=1S/C66H45N3Si/c1-5-21-46(22-6-1)54-34-20-35-59-58-41-39-49(68-61-36-16-13-31-55(61)56-32-14-17-37-62(56)68)45-65(58)69(66(54)59)48-40-42-64-60(44-48)57-33-15-18-38-63(57)67(64)47-23-19-30-53(43-47)70(50-24-7-2-8-25-50,51-26-9-3-10-27-51)52-28-11-4-12-29-52/h1-45H. The molecule has 14 aromatic rings. The van der Waals surface area contributed by atoms with E-state index in [1.807, 2.05) is 0 Å². The van der Waals surface area contributed by atoms with E-state index in [0.717, 1.165) is 22.6 Å². The molecule has 3 nitrogen and oxygen atoms in total. The van der Waals surface area contributed by atoms with Crippen LogP contribution in [0.25, 0.3) is 93.6 Å². The molecule has 0 saturated carbocycles. The summed E-state index contributed by atoms with van der Waals surface area (Å²) >= 11 is 0. The average Bonchev–Trinajstić information content (AvgIpc) is 4.08. The van der Waals surface area contributed by atoms with Crippen molar-refractivity contribution in [3.8, 4) is 28.2 Å². The molecule has 11 aromatic carbocycles. The van der Waals surface area contributed by atoms with Gasteiger partial charge in [0.2, 0.25) is 0 Å². The van der Waals surface area contributed by atoms with Gasteiger partial charge in [-0.3, -0.25) is 0 Å². The Labute approximate surface area is 407 Å². The van der Waals surface area contributed by atoms with E-state index < -0.39 is 8.07 Å². The monoisotopic (exact) mass is 907 g/mol. The van der Waals surface area contributed by atoms with Crippen LogP contribution in [0.5, 0.6) is 0 Å². The van der Waals surface area contributed by atoms with Gasteiger partial charge in [-0.05, 0) is 87.0 Å². The molecule has 0 atom stereocenters. The molecule has 328 valence electrons. The number of hydrogen-bond donors (Lipinski definition) is 0. The number of para-hydroxylation sites is 4. The van der Waals surface area contributed by atoms with Crippen molar-refractivity contribution in [2.75, 3.05) is 0 Å². The molecule has 14 rings (SSSR count). The number of aromatic nitrogens is 3. The Balaban J connectivity index is 1.02. The maximum Gasteiger partial charge on any atom is 0.179 e. The van der Waals surface area contributed by atoms with E-state index in [1.165, 1.54) is 91.8 Å². The van der Waals surface area contributed by atoms with Crippen LogP contribution in [0, 0.1) is 0 Å². The second-order valence-corrected chi connectivity index (χ2v) is 22.2. The van der Waals surface area contributed by atoms with Crippen molar-refractivity contribution in [1.82, 2.24) is 13.7 Å². The van der Waals surface area contributed by atoms with Gasteiger partial charge in [-0.25, -0.2) is 0 Å². The molecule has 4 heteroatoms. The van der Waals surface area contributed by atoms with Crippen LogP contribution in [-0.2, 0) is 0 Å². The highest BCUT2D eigenvalue weighted by Gasteiger charge is 2.41. The largest absolute Gasteiger partial charge is 0.309 e. The summed E-state index contributed by atoms with van der Waals surface area (Å²) in [6, 6.07) is 101. The van der Waals surface area contributed by atoms with Gasteiger partial charge in [0, 0.05) is 54.9 Å². The molecule has 0 saturated heterocycles. The summed E-state index contributed by atoms with van der Waals surface area (Å²) < 4.78 is 7.44. The highest BCUT2D eigenvalue weighted by molar-refractivity contribution is 7.19. The summed E-state index contributed by atoms with van der Waals surface area (Å²) in [6.07, 6.45) is 0. The van der Waals surface area contributed by atoms with Crippen molar-refractivity contribution >= 4 is 94.2 Å².